The predicted molar refractivity (Wildman–Crippen MR) is 82.9 cm³/mol. The number of nitrogens with two attached hydrogens (primary N) is 1. The molecule has 1 nitrogen and oxygen atoms in total. The summed E-state index contributed by atoms with van der Waals surface area (Å²) in [5, 5.41) is 0. The van der Waals surface area contributed by atoms with Crippen LogP contribution in [0.5, 0.6) is 0 Å². The molecule has 0 aliphatic heterocycles. The summed E-state index contributed by atoms with van der Waals surface area (Å²) >= 11 is 4.90. The molecule has 0 amide bonds. The molecule has 0 aromatic heterocycles. The highest BCUT2D eigenvalue weighted by Gasteiger charge is 2.16. The van der Waals surface area contributed by atoms with Gasteiger partial charge in [-0.25, -0.2) is 8.78 Å². The van der Waals surface area contributed by atoms with Crippen molar-refractivity contribution >= 4 is 27.7 Å². The SMILES string of the molecule is Cc1ccc(C(N)CSc2cccc(Br)c2)c(F)c1F. The lowest BCUT2D eigenvalue weighted by molar-refractivity contribution is 0.488. The third-order valence-corrected chi connectivity index (χ3v) is 4.54. The second kappa shape index (κ2) is 6.70. The van der Waals surface area contributed by atoms with E-state index in [0.717, 1.165) is 9.37 Å². The summed E-state index contributed by atoms with van der Waals surface area (Å²) in [6, 6.07) is 10.3. The van der Waals surface area contributed by atoms with Crippen molar-refractivity contribution in [3.8, 4) is 0 Å². The predicted octanol–water partition coefficient (Wildman–Crippen LogP) is 4.83. The average molecular weight is 358 g/mol. The highest BCUT2D eigenvalue weighted by atomic mass is 79.9. The first kappa shape index (κ1) is 15.5. The van der Waals surface area contributed by atoms with Gasteiger partial charge in [-0.05, 0) is 30.7 Å². The molecular weight excluding hydrogens is 344 g/mol. The van der Waals surface area contributed by atoms with E-state index in [4.69, 9.17) is 5.73 Å². The van der Waals surface area contributed by atoms with Gasteiger partial charge in [0, 0.05) is 26.7 Å². The molecule has 0 aliphatic carbocycles. The quantitative estimate of drug-likeness (QED) is 0.793. The van der Waals surface area contributed by atoms with E-state index in [0.29, 0.717) is 5.75 Å². The maximum Gasteiger partial charge on any atom is 0.163 e. The van der Waals surface area contributed by atoms with Gasteiger partial charge in [-0.3, -0.25) is 0 Å². The van der Waals surface area contributed by atoms with E-state index in [-0.39, 0.29) is 11.1 Å². The van der Waals surface area contributed by atoms with Gasteiger partial charge in [-0.1, -0.05) is 34.1 Å². The van der Waals surface area contributed by atoms with Gasteiger partial charge in [0.15, 0.2) is 11.6 Å². The molecule has 0 bridgehead atoms. The van der Waals surface area contributed by atoms with Gasteiger partial charge in [0.2, 0.25) is 0 Å². The molecule has 0 radical (unpaired) electrons. The fraction of sp³-hybridized carbons (Fsp3) is 0.200. The van der Waals surface area contributed by atoms with Crippen LogP contribution in [0.2, 0.25) is 0 Å². The van der Waals surface area contributed by atoms with Crippen molar-refractivity contribution in [1.82, 2.24) is 0 Å². The number of thioether (sulfide) groups is 1. The van der Waals surface area contributed by atoms with E-state index < -0.39 is 17.7 Å². The van der Waals surface area contributed by atoms with Gasteiger partial charge < -0.3 is 5.73 Å². The van der Waals surface area contributed by atoms with Crippen LogP contribution in [0.25, 0.3) is 0 Å². The average Bonchev–Trinajstić information content (AvgIpc) is 2.42. The molecule has 1 atom stereocenters. The van der Waals surface area contributed by atoms with Crippen molar-refractivity contribution in [3.05, 3.63) is 63.6 Å². The molecule has 0 spiro atoms. The molecular formula is C15H14BrF2NS. The molecule has 0 heterocycles. The monoisotopic (exact) mass is 357 g/mol. The van der Waals surface area contributed by atoms with Crippen LogP contribution in [-0.2, 0) is 0 Å². The summed E-state index contributed by atoms with van der Waals surface area (Å²) in [6.07, 6.45) is 0. The largest absolute Gasteiger partial charge is 0.323 e. The summed E-state index contributed by atoms with van der Waals surface area (Å²) in [6.45, 7) is 1.53. The van der Waals surface area contributed by atoms with Crippen molar-refractivity contribution in [1.29, 1.82) is 0 Å². The first-order chi connectivity index (χ1) is 9.49. The summed E-state index contributed by atoms with van der Waals surface area (Å²) < 4.78 is 28.3. The summed E-state index contributed by atoms with van der Waals surface area (Å²) in [5.41, 5.74) is 6.47. The maximum absolute atomic E-state index is 13.8. The van der Waals surface area contributed by atoms with Gasteiger partial charge in [-0.2, -0.15) is 0 Å². The minimum Gasteiger partial charge on any atom is -0.323 e. The highest BCUT2D eigenvalue weighted by Crippen LogP contribution is 2.27. The van der Waals surface area contributed by atoms with E-state index in [1.165, 1.54) is 18.7 Å². The first-order valence-electron chi connectivity index (χ1n) is 6.07. The second-order valence-corrected chi connectivity index (χ2v) is 6.48. The third kappa shape index (κ3) is 3.59. The number of benzene rings is 2. The molecule has 2 aromatic rings. The zero-order valence-electron chi connectivity index (χ0n) is 10.9. The van der Waals surface area contributed by atoms with Gasteiger partial charge in [0.05, 0.1) is 0 Å². The Bertz CT molecular complexity index is 619. The fourth-order valence-electron chi connectivity index (χ4n) is 1.78. The Kier molecular flexibility index (Phi) is 5.18. The molecule has 2 N–H and O–H groups in total. The van der Waals surface area contributed by atoms with Gasteiger partial charge >= 0.3 is 0 Å². The molecule has 20 heavy (non-hydrogen) atoms. The van der Waals surface area contributed by atoms with E-state index in [1.807, 2.05) is 24.3 Å². The topological polar surface area (TPSA) is 26.0 Å². The Morgan fingerprint density at radius 3 is 2.65 bits per heavy atom. The van der Waals surface area contributed by atoms with E-state index in [1.54, 1.807) is 12.1 Å². The standard InChI is InChI=1S/C15H14BrF2NS/c1-9-5-6-12(15(18)14(9)17)13(19)8-20-11-4-2-3-10(16)7-11/h2-7,13H,8,19H2,1H3. The minimum absolute atomic E-state index is 0.218. The highest BCUT2D eigenvalue weighted by molar-refractivity contribution is 9.10. The zero-order chi connectivity index (χ0) is 14.7. The molecule has 1 unspecified atom stereocenters. The van der Waals surface area contributed by atoms with Crippen LogP contribution < -0.4 is 5.73 Å². The molecule has 0 aliphatic rings. The lowest BCUT2D eigenvalue weighted by Crippen LogP contribution is -2.15. The second-order valence-electron chi connectivity index (χ2n) is 4.47. The van der Waals surface area contributed by atoms with E-state index in [9.17, 15) is 8.78 Å². The summed E-state index contributed by atoms with van der Waals surface area (Å²) in [4.78, 5) is 1.03. The molecule has 0 saturated carbocycles. The Morgan fingerprint density at radius 2 is 1.95 bits per heavy atom. The lowest BCUT2D eigenvalue weighted by atomic mass is 10.1. The Labute approximate surface area is 129 Å². The normalized spacial score (nSPS) is 12.4. The van der Waals surface area contributed by atoms with Crippen LogP contribution in [0.4, 0.5) is 8.78 Å². The molecule has 2 rings (SSSR count). The zero-order valence-corrected chi connectivity index (χ0v) is 13.3. The Balaban J connectivity index is 2.09. The molecule has 0 fully saturated rings. The van der Waals surface area contributed by atoms with E-state index in [2.05, 4.69) is 15.9 Å². The fourth-order valence-corrected chi connectivity index (χ4v) is 3.27. The van der Waals surface area contributed by atoms with Crippen LogP contribution in [-0.4, -0.2) is 5.75 Å². The van der Waals surface area contributed by atoms with Gasteiger partial charge in [-0.15, -0.1) is 11.8 Å². The smallest absolute Gasteiger partial charge is 0.163 e. The molecule has 2 aromatic carbocycles. The maximum atomic E-state index is 13.8. The molecule has 106 valence electrons. The van der Waals surface area contributed by atoms with Crippen LogP contribution in [0.15, 0.2) is 45.8 Å². The Morgan fingerprint density at radius 1 is 1.20 bits per heavy atom. The minimum atomic E-state index is -0.840. The Hall–Kier alpha value is -0.910. The van der Waals surface area contributed by atoms with Crippen LogP contribution >= 0.6 is 27.7 Å². The number of hydrogen-bond acceptors (Lipinski definition) is 2. The first-order valence-corrected chi connectivity index (χ1v) is 7.85. The van der Waals surface area contributed by atoms with Gasteiger partial charge in [0.25, 0.3) is 0 Å². The number of rotatable bonds is 4. The van der Waals surface area contributed by atoms with E-state index >= 15 is 0 Å². The molecule has 0 saturated heterocycles. The van der Waals surface area contributed by atoms with Gasteiger partial charge in [0.1, 0.15) is 0 Å². The summed E-state index contributed by atoms with van der Waals surface area (Å²) in [5.74, 6) is -1.17. The van der Waals surface area contributed by atoms with Crippen molar-refractivity contribution in [2.45, 2.75) is 17.9 Å². The van der Waals surface area contributed by atoms with Crippen molar-refractivity contribution in [2.75, 3.05) is 5.75 Å². The van der Waals surface area contributed by atoms with Crippen molar-refractivity contribution < 1.29 is 8.78 Å². The van der Waals surface area contributed by atoms with Crippen molar-refractivity contribution in [3.63, 3.8) is 0 Å². The lowest BCUT2D eigenvalue weighted by Gasteiger charge is -2.14. The number of halogens is 3. The third-order valence-electron chi connectivity index (χ3n) is 2.93. The number of aryl methyl sites for hydroxylation is 1. The van der Waals surface area contributed by atoms with Crippen molar-refractivity contribution in [2.24, 2.45) is 5.73 Å². The van der Waals surface area contributed by atoms with Crippen LogP contribution in [0, 0.1) is 18.6 Å². The summed E-state index contributed by atoms with van der Waals surface area (Å²) in [7, 11) is 0. The number of hydrogen-bond donors (Lipinski definition) is 1. The van der Waals surface area contributed by atoms with Crippen LogP contribution in [0.1, 0.15) is 17.2 Å². The van der Waals surface area contributed by atoms with Crippen LogP contribution in [0.3, 0.4) is 0 Å². The molecule has 5 heteroatoms.